The van der Waals surface area contributed by atoms with Crippen LogP contribution >= 0.6 is 34.2 Å². The van der Waals surface area contributed by atoms with Crippen molar-refractivity contribution in [2.24, 2.45) is 0 Å². The Balaban J connectivity index is 2.29. The molecule has 0 aromatic heterocycles. The van der Waals surface area contributed by atoms with E-state index in [9.17, 15) is 4.79 Å². The van der Waals surface area contributed by atoms with Gasteiger partial charge in [0.05, 0.1) is 24.9 Å². The van der Waals surface area contributed by atoms with E-state index < -0.39 is 0 Å². The Labute approximate surface area is 141 Å². The summed E-state index contributed by atoms with van der Waals surface area (Å²) in [6, 6.07) is 10.5. The fourth-order valence-electron chi connectivity index (χ4n) is 1.75. The van der Waals surface area contributed by atoms with Crippen molar-refractivity contribution in [2.75, 3.05) is 19.5 Å². The van der Waals surface area contributed by atoms with Gasteiger partial charge in [-0.3, -0.25) is 4.79 Å². The number of amides is 1. The zero-order chi connectivity index (χ0) is 15.4. The van der Waals surface area contributed by atoms with Crippen LogP contribution in [0.2, 0.25) is 5.02 Å². The van der Waals surface area contributed by atoms with Crippen molar-refractivity contribution in [3.05, 3.63) is 50.6 Å². The van der Waals surface area contributed by atoms with Crippen LogP contribution < -0.4 is 14.8 Å². The molecule has 0 atom stereocenters. The second-order valence-electron chi connectivity index (χ2n) is 4.15. The minimum Gasteiger partial charge on any atom is -0.495 e. The van der Waals surface area contributed by atoms with Crippen LogP contribution in [0.1, 0.15) is 10.4 Å². The zero-order valence-electron chi connectivity index (χ0n) is 11.4. The highest BCUT2D eigenvalue weighted by atomic mass is 127. The molecule has 0 bridgehead atoms. The summed E-state index contributed by atoms with van der Waals surface area (Å²) in [7, 11) is 3.02. The van der Waals surface area contributed by atoms with Crippen molar-refractivity contribution in [1.29, 1.82) is 0 Å². The maximum Gasteiger partial charge on any atom is 0.255 e. The maximum absolute atomic E-state index is 12.2. The van der Waals surface area contributed by atoms with Crippen LogP contribution in [0.25, 0.3) is 0 Å². The van der Waals surface area contributed by atoms with E-state index in [1.54, 1.807) is 24.3 Å². The second kappa shape index (κ2) is 7.00. The fourth-order valence-corrected chi connectivity index (χ4v) is 2.34. The van der Waals surface area contributed by atoms with E-state index in [4.69, 9.17) is 21.1 Å². The Morgan fingerprint density at radius 1 is 1.10 bits per heavy atom. The van der Waals surface area contributed by atoms with Gasteiger partial charge < -0.3 is 14.8 Å². The predicted molar refractivity (Wildman–Crippen MR) is 91.7 cm³/mol. The standard InChI is InChI=1S/C15H13ClINO3/c1-20-13-8-12(14(21-2)7-11(13)16)18-15(19)9-3-5-10(17)6-4-9/h3-8H,1-2H3,(H,18,19). The van der Waals surface area contributed by atoms with E-state index >= 15 is 0 Å². The third kappa shape index (κ3) is 3.79. The fraction of sp³-hybridized carbons (Fsp3) is 0.133. The Kier molecular flexibility index (Phi) is 5.30. The molecule has 6 heteroatoms. The number of anilines is 1. The van der Waals surface area contributed by atoms with Crippen molar-refractivity contribution in [3.8, 4) is 11.5 Å². The number of carbonyl (C=O) groups excluding carboxylic acids is 1. The lowest BCUT2D eigenvalue weighted by atomic mass is 10.2. The summed E-state index contributed by atoms with van der Waals surface area (Å²) in [5.74, 6) is 0.712. The monoisotopic (exact) mass is 417 g/mol. The lowest BCUT2D eigenvalue weighted by Gasteiger charge is -2.13. The molecule has 0 radical (unpaired) electrons. The van der Waals surface area contributed by atoms with Crippen molar-refractivity contribution >= 4 is 45.8 Å². The molecule has 0 fully saturated rings. The molecular formula is C15H13ClINO3. The minimum atomic E-state index is -0.228. The number of hydrogen-bond acceptors (Lipinski definition) is 3. The van der Waals surface area contributed by atoms with Gasteiger partial charge in [-0.15, -0.1) is 0 Å². The maximum atomic E-state index is 12.2. The van der Waals surface area contributed by atoms with Crippen LogP contribution in [0.15, 0.2) is 36.4 Å². The summed E-state index contributed by atoms with van der Waals surface area (Å²) in [5, 5.41) is 3.21. The van der Waals surface area contributed by atoms with Gasteiger partial charge in [0, 0.05) is 21.3 Å². The number of rotatable bonds is 4. The predicted octanol–water partition coefficient (Wildman–Crippen LogP) is 4.21. The first kappa shape index (κ1) is 15.9. The summed E-state index contributed by atoms with van der Waals surface area (Å²) >= 11 is 8.22. The molecule has 21 heavy (non-hydrogen) atoms. The number of nitrogens with one attached hydrogen (secondary N) is 1. The first-order valence-corrected chi connectivity index (χ1v) is 7.49. The van der Waals surface area contributed by atoms with E-state index in [1.807, 2.05) is 12.1 Å². The molecule has 2 rings (SSSR count). The van der Waals surface area contributed by atoms with Gasteiger partial charge in [-0.1, -0.05) is 11.6 Å². The molecule has 0 saturated carbocycles. The molecule has 0 heterocycles. The van der Waals surface area contributed by atoms with Crippen molar-refractivity contribution in [3.63, 3.8) is 0 Å². The molecule has 0 unspecified atom stereocenters. The Hall–Kier alpha value is -1.47. The highest BCUT2D eigenvalue weighted by Gasteiger charge is 2.13. The van der Waals surface area contributed by atoms with Gasteiger partial charge in [0.2, 0.25) is 0 Å². The molecule has 1 amide bonds. The van der Waals surface area contributed by atoms with E-state index in [-0.39, 0.29) is 5.91 Å². The van der Waals surface area contributed by atoms with Crippen molar-refractivity contribution < 1.29 is 14.3 Å². The third-order valence-electron chi connectivity index (χ3n) is 2.83. The molecule has 0 saturated heterocycles. The van der Waals surface area contributed by atoms with Crippen LogP contribution in [-0.2, 0) is 0 Å². The van der Waals surface area contributed by atoms with Crippen LogP contribution in [0, 0.1) is 3.57 Å². The van der Waals surface area contributed by atoms with E-state index in [1.165, 1.54) is 14.2 Å². The summed E-state index contributed by atoms with van der Waals surface area (Å²) < 4.78 is 11.4. The topological polar surface area (TPSA) is 47.6 Å². The van der Waals surface area contributed by atoms with Gasteiger partial charge >= 0.3 is 0 Å². The molecule has 0 spiro atoms. The average molecular weight is 418 g/mol. The number of halogens is 2. The van der Waals surface area contributed by atoms with Crippen LogP contribution in [-0.4, -0.2) is 20.1 Å². The number of carbonyl (C=O) groups is 1. The Morgan fingerprint density at radius 3 is 2.29 bits per heavy atom. The molecule has 4 nitrogen and oxygen atoms in total. The summed E-state index contributed by atoms with van der Waals surface area (Å²) in [5.41, 5.74) is 1.06. The largest absolute Gasteiger partial charge is 0.495 e. The highest BCUT2D eigenvalue weighted by Crippen LogP contribution is 2.36. The lowest BCUT2D eigenvalue weighted by molar-refractivity contribution is 0.102. The summed E-state index contributed by atoms with van der Waals surface area (Å²) in [4.78, 5) is 12.2. The van der Waals surface area contributed by atoms with Gasteiger partial charge in [0.1, 0.15) is 11.5 Å². The van der Waals surface area contributed by atoms with E-state index in [2.05, 4.69) is 27.9 Å². The van der Waals surface area contributed by atoms with Crippen LogP contribution in [0.3, 0.4) is 0 Å². The molecule has 0 aliphatic carbocycles. The molecule has 2 aromatic carbocycles. The third-order valence-corrected chi connectivity index (χ3v) is 3.84. The molecule has 110 valence electrons. The Bertz CT molecular complexity index is 659. The summed E-state index contributed by atoms with van der Waals surface area (Å²) in [6.45, 7) is 0. The minimum absolute atomic E-state index is 0.228. The van der Waals surface area contributed by atoms with Crippen molar-refractivity contribution in [1.82, 2.24) is 0 Å². The molecule has 1 N–H and O–H groups in total. The number of methoxy groups -OCH3 is 2. The van der Waals surface area contributed by atoms with E-state index in [0.29, 0.717) is 27.8 Å². The second-order valence-corrected chi connectivity index (χ2v) is 5.80. The first-order valence-electron chi connectivity index (χ1n) is 6.03. The smallest absolute Gasteiger partial charge is 0.255 e. The van der Waals surface area contributed by atoms with Gasteiger partial charge in [0.25, 0.3) is 5.91 Å². The molecule has 0 aliphatic heterocycles. The normalized spacial score (nSPS) is 10.1. The number of benzene rings is 2. The van der Waals surface area contributed by atoms with Gasteiger partial charge in [-0.2, -0.15) is 0 Å². The zero-order valence-corrected chi connectivity index (χ0v) is 14.4. The lowest BCUT2D eigenvalue weighted by Crippen LogP contribution is -2.12. The quantitative estimate of drug-likeness (QED) is 0.758. The van der Waals surface area contributed by atoms with Crippen molar-refractivity contribution in [2.45, 2.75) is 0 Å². The average Bonchev–Trinajstić information content (AvgIpc) is 2.49. The Morgan fingerprint density at radius 2 is 1.71 bits per heavy atom. The molecular weight excluding hydrogens is 405 g/mol. The van der Waals surface area contributed by atoms with Gasteiger partial charge in [-0.25, -0.2) is 0 Å². The molecule has 0 aliphatic rings. The number of hydrogen-bond donors (Lipinski definition) is 1. The van der Waals surface area contributed by atoms with Crippen LogP contribution in [0.4, 0.5) is 5.69 Å². The van der Waals surface area contributed by atoms with Gasteiger partial charge in [-0.05, 0) is 46.9 Å². The first-order chi connectivity index (χ1) is 10.0. The number of ether oxygens (including phenoxy) is 2. The van der Waals surface area contributed by atoms with Crippen LogP contribution in [0.5, 0.6) is 11.5 Å². The summed E-state index contributed by atoms with van der Waals surface area (Å²) in [6.07, 6.45) is 0. The highest BCUT2D eigenvalue weighted by molar-refractivity contribution is 14.1. The SMILES string of the molecule is COc1cc(NC(=O)c2ccc(I)cc2)c(OC)cc1Cl. The molecule has 2 aromatic rings. The van der Waals surface area contributed by atoms with E-state index in [0.717, 1.165) is 3.57 Å². The van der Waals surface area contributed by atoms with Gasteiger partial charge in [0.15, 0.2) is 0 Å².